The molecule has 0 aromatic heterocycles. The molecule has 122 valence electrons. The third kappa shape index (κ3) is 3.31. The van der Waals surface area contributed by atoms with Crippen LogP contribution < -0.4 is 0 Å². The number of hydrogen-bond acceptors (Lipinski definition) is 2. The van der Waals surface area contributed by atoms with Crippen LogP contribution in [-0.2, 0) is 6.42 Å². The maximum absolute atomic E-state index is 13.9. The molecule has 0 saturated heterocycles. The number of azide groups is 1. The van der Waals surface area contributed by atoms with Crippen LogP contribution in [0.3, 0.4) is 0 Å². The Hall–Kier alpha value is -2.65. The molecule has 2 aromatic carbocycles. The van der Waals surface area contributed by atoms with Gasteiger partial charge in [0.25, 0.3) is 0 Å². The first kappa shape index (κ1) is 16.2. The van der Waals surface area contributed by atoms with Crippen LogP contribution in [0, 0.1) is 5.82 Å². The van der Waals surface area contributed by atoms with E-state index in [1.54, 1.807) is 12.1 Å². The number of ketones is 1. The summed E-state index contributed by atoms with van der Waals surface area (Å²) in [5.74, 6) is -0.540. The van der Waals surface area contributed by atoms with E-state index < -0.39 is 0 Å². The number of carbonyl (C=O) groups excluding carboxylic acids is 1. The molecule has 0 heterocycles. The number of rotatable bonds is 2. The second-order valence-corrected chi connectivity index (χ2v) is 6.03. The number of halogens is 1. The molecule has 0 bridgehead atoms. The fraction of sp³-hybridized carbons (Fsp3) is 0.316. The van der Waals surface area contributed by atoms with Crippen molar-refractivity contribution in [1.82, 2.24) is 0 Å². The number of benzene rings is 2. The van der Waals surface area contributed by atoms with Crippen molar-refractivity contribution < 1.29 is 9.18 Å². The van der Waals surface area contributed by atoms with E-state index in [9.17, 15) is 9.18 Å². The quantitative estimate of drug-likeness (QED) is 0.427. The van der Waals surface area contributed by atoms with Crippen molar-refractivity contribution in [3.05, 3.63) is 81.0 Å². The topological polar surface area (TPSA) is 65.8 Å². The first-order valence-electron chi connectivity index (χ1n) is 8.12. The van der Waals surface area contributed by atoms with Crippen molar-refractivity contribution in [2.45, 2.75) is 31.6 Å². The van der Waals surface area contributed by atoms with Gasteiger partial charge in [0.05, 0.1) is 0 Å². The number of fused-ring (bicyclic) bond motifs is 2. The smallest absolute Gasteiger partial charge is 0.163 e. The molecule has 0 aliphatic heterocycles. The van der Waals surface area contributed by atoms with E-state index in [1.807, 2.05) is 18.2 Å². The number of nitrogens with zero attached hydrogens (tertiary/aromatic N) is 3. The van der Waals surface area contributed by atoms with Gasteiger partial charge < -0.3 is 0 Å². The Labute approximate surface area is 139 Å². The molecule has 1 aliphatic rings. The summed E-state index contributed by atoms with van der Waals surface area (Å²) in [5, 5.41) is 3.72. The molecule has 5 heteroatoms. The van der Waals surface area contributed by atoms with Gasteiger partial charge in [-0.25, -0.2) is 4.39 Å². The molecular weight excluding hydrogens is 305 g/mol. The third-order valence-corrected chi connectivity index (χ3v) is 4.55. The Kier molecular flexibility index (Phi) is 4.92. The second-order valence-electron chi connectivity index (χ2n) is 6.03. The SMILES string of the molecule is [N-]=[N+]=NCC1c2cc(F)ccc2CCCCC(=O)c2ccccc21. The maximum Gasteiger partial charge on any atom is 0.163 e. The van der Waals surface area contributed by atoms with Gasteiger partial charge in [-0.2, -0.15) is 0 Å². The largest absolute Gasteiger partial charge is 0.294 e. The first-order valence-corrected chi connectivity index (χ1v) is 8.12. The lowest BCUT2D eigenvalue weighted by Crippen LogP contribution is -2.15. The van der Waals surface area contributed by atoms with Crippen LogP contribution in [0.5, 0.6) is 0 Å². The van der Waals surface area contributed by atoms with E-state index in [1.165, 1.54) is 12.1 Å². The minimum Gasteiger partial charge on any atom is -0.294 e. The van der Waals surface area contributed by atoms with Crippen molar-refractivity contribution in [2.75, 3.05) is 6.54 Å². The monoisotopic (exact) mass is 323 g/mol. The fourth-order valence-electron chi connectivity index (χ4n) is 3.39. The Morgan fingerprint density at radius 2 is 1.92 bits per heavy atom. The van der Waals surface area contributed by atoms with Gasteiger partial charge in [0, 0.05) is 29.4 Å². The lowest BCUT2D eigenvalue weighted by molar-refractivity contribution is 0.0978. The normalized spacial score (nSPS) is 17.4. The molecule has 3 rings (SSSR count). The Balaban J connectivity index is 2.22. The highest BCUT2D eigenvalue weighted by Gasteiger charge is 2.23. The average Bonchev–Trinajstić information content (AvgIpc) is 2.60. The highest BCUT2D eigenvalue weighted by Crippen LogP contribution is 2.33. The van der Waals surface area contributed by atoms with Crippen LogP contribution >= 0.6 is 0 Å². The van der Waals surface area contributed by atoms with Crippen molar-refractivity contribution in [2.24, 2.45) is 5.11 Å². The number of aryl methyl sites for hydroxylation is 1. The second kappa shape index (κ2) is 7.28. The van der Waals surface area contributed by atoms with Crippen LogP contribution in [0.2, 0.25) is 0 Å². The first-order chi connectivity index (χ1) is 11.7. The highest BCUT2D eigenvalue weighted by atomic mass is 19.1. The molecule has 4 nitrogen and oxygen atoms in total. The van der Waals surface area contributed by atoms with Crippen LogP contribution in [-0.4, -0.2) is 12.3 Å². The molecule has 0 N–H and O–H groups in total. The number of Topliss-reactive ketones (excluding diaryl/α,β-unsaturated/α-hetero) is 1. The summed E-state index contributed by atoms with van der Waals surface area (Å²) in [6.45, 7) is 0.164. The zero-order chi connectivity index (χ0) is 16.9. The predicted molar refractivity (Wildman–Crippen MR) is 90.6 cm³/mol. The van der Waals surface area contributed by atoms with Gasteiger partial charge in [-0.05, 0) is 53.6 Å². The van der Waals surface area contributed by atoms with Gasteiger partial charge in [-0.1, -0.05) is 35.4 Å². The van der Waals surface area contributed by atoms with E-state index >= 15 is 0 Å². The van der Waals surface area contributed by atoms with Crippen LogP contribution in [0.15, 0.2) is 47.6 Å². The van der Waals surface area contributed by atoms with Crippen molar-refractivity contribution >= 4 is 5.78 Å². The molecule has 0 amide bonds. The number of hydrogen-bond donors (Lipinski definition) is 0. The lowest BCUT2D eigenvalue weighted by Gasteiger charge is -2.23. The van der Waals surface area contributed by atoms with E-state index in [-0.39, 0.29) is 24.1 Å². The van der Waals surface area contributed by atoms with Gasteiger partial charge in [0.15, 0.2) is 5.78 Å². The van der Waals surface area contributed by atoms with E-state index in [2.05, 4.69) is 10.0 Å². The Bertz CT molecular complexity index is 812. The van der Waals surface area contributed by atoms with Crippen molar-refractivity contribution in [3.8, 4) is 0 Å². The van der Waals surface area contributed by atoms with Gasteiger partial charge in [-0.15, -0.1) is 0 Å². The Morgan fingerprint density at radius 3 is 2.75 bits per heavy atom. The summed E-state index contributed by atoms with van der Waals surface area (Å²) in [6, 6.07) is 12.2. The van der Waals surface area contributed by atoms with Gasteiger partial charge >= 0.3 is 0 Å². The summed E-state index contributed by atoms with van der Waals surface area (Å²) in [6.07, 6.45) is 2.98. The van der Waals surface area contributed by atoms with Crippen LogP contribution in [0.25, 0.3) is 10.4 Å². The van der Waals surface area contributed by atoms with E-state index in [0.29, 0.717) is 12.0 Å². The summed E-state index contributed by atoms with van der Waals surface area (Å²) >= 11 is 0. The summed E-state index contributed by atoms with van der Waals surface area (Å²) in [4.78, 5) is 15.4. The summed E-state index contributed by atoms with van der Waals surface area (Å²) in [5.41, 5.74) is 12.1. The molecule has 1 atom stereocenters. The molecule has 0 saturated carbocycles. The highest BCUT2D eigenvalue weighted by molar-refractivity contribution is 5.97. The standard InChI is InChI=1S/C19H18FN3O/c20-14-10-9-13-5-1-4-8-19(24)16-7-3-2-6-15(16)18(12-22-23-21)17(13)11-14/h2-3,6-7,9-11,18H,1,4-5,8,12H2. The summed E-state index contributed by atoms with van der Waals surface area (Å²) in [7, 11) is 0. The molecule has 0 fully saturated rings. The van der Waals surface area contributed by atoms with E-state index in [4.69, 9.17) is 5.53 Å². The molecule has 1 unspecified atom stereocenters. The summed E-state index contributed by atoms with van der Waals surface area (Å²) < 4.78 is 13.9. The van der Waals surface area contributed by atoms with Crippen molar-refractivity contribution in [3.63, 3.8) is 0 Å². The maximum atomic E-state index is 13.9. The third-order valence-electron chi connectivity index (χ3n) is 4.55. The fourth-order valence-corrected chi connectivity index (χ4v) is 3.39. The zero-order valence-electron chi connectivity index (χ0n) is 13.3. The molecule has 0 spiro atoms. The van der Waals surface area contributed by atoms with Gasteiger partial charge in [-0.3, -0.25) is 4.79 Å². The predicted octanol–water partition coefficient (Wildman–Crippen LogP) is 5.18. The van der Waals surface area contributed by atoms with Gasteiger partial charge in [0.2, 0.25) is 0 Å². The van der Waals surface area contributed by atoms with E-state index in [0.717, 1.165) is 36.0 Å². The lowest BCUT2D eigenvalue weighted by atomic mass is 9.82. The Morgan fingerprint density at radius 1 is 1.12 bits per heavy atom. The van der Waals surface area contributed by atoms with Crippen molar-refractivity contribution in [1.29, 1.82) is 0 Å². The molecular formula is C19H18FN3O. The minimum absolute atomic E-state index is 0.0939. The zero-order valence-corrected chi connectivity index (χ0v) is 13.3. The van der Waals surface area contributed by atoms with Crippen LogP contribution in [0.1, 0.15) is 52.2 Å². The average molecular weight is 323 g/mol. The molecule has 0 radical (unpaired) electrons. The van der Waals surface area contributed by atoms with Crippen LogP contribution in [0.4, 0.5) is 4.39 Å². The van der Waals surface area contributed by atoms with Gasteiger partial charge in [0.1, 0.15) is 5.82 Å². The molecule has 1 aliphatic carbocycles. The molecule has 24 heavy (non-hydrogen) atoms. The minimum atomic E-state index is -0.319. The molecule has 2 aromatic rings. The number of carbonyl (C=O) groups is 1.